The first-order valence-corrected chi connectivity index (χ1v) is 17.2. The largest absolute Gasteiger partial charge is 0.756 e. The van der Waals surface area contributed by atoms with Crippen molar-refractivity contribution in [3.8, 4) is 0 Å². The van der Waals surface area contributed by atoms with Crippen LogP contribution in [-0.2, 0) is 58.6 Å². The second-order valence-electron chi connectivity index (χ2n) is 9.46. The molecule has 5 rings (SSSR count). The van der Waals surface area contributed by atoms with Crippen molar-refractivity contribution in [3.63, 3.8) is 0 Å². The SMILES string of the molecule is O=c1ccn([C@@H]2O[C@H](COP(=O)([O-])OP(=O)([O-])OP(=O)([O-])OCc3ccccc3)[C@@H]3OC(Cc4ccccc4)OC32)c(=O)[nH]1. The lowest BCUT2D eigenvalue weighted by Gasteiger charge is -2.34. The van der Waals surface area contributed by atoms with Crippen molar-refractivity contribution in [1.82, 2.24) is 9.55 Å². The minimum Gasteiger partial charge on any atom is -0.756 e. The van der Waals surface area contributed by atoms with Crippen molar-refractivity contribution < 1.29 is 60.3 Å². The predicted molar refractivity (Wildman–Crippen MR) is 141 cm³/mol. The van der Waals surface area contributed by atoms with Crippen LogP contribution in [0.5, 0.6) is 0 Å². The fraction of sp³-hybridized carbons (Fsp3) is 0.333. The number of hydrogen-bond donors (Lipinski definition) is 1. The molecule has 0 aliphatic carbocycles. The zero-order chi connectivity index (χ0) is 31.5. The van der Waals surface area contributed by atoms with Crippen LogP contribution >= 0.6 is 23.5 Å². The predicted octanol–water partition coefficient (Wildman–Crippen LogP) is 0.459. The molecule has 2 aliphatic heterocycles. The molecule has 1 aromatic heterocycles. The summed E-state index contributed by atoms with van der Waals surface area (Å²) in [4.78, 5) is 62.5. The van der Waals surface area contributed by atoms with E-state index in [4.69, 9.17) is 14.2 Å². The lowest BCUT2D eigenvalue weighted by molar-refractivity contribution is -0.252. The molecule has 2 aliphatic rings. The van der Waals surface area contributed by atoms with Gasteiger partial charge >= 0.3 is 5.69 Å². The van der Waals surface area contributed by atoms with Gasteiger partial charge in [-0.25, -0.2) is 13.4 Å². The van der Waals surface area contributed by atoms with E-state index in [2.05, 4.69) is 22.7 Å². The summed E-state index contributed by atoms with van der Waals surface area (Å²) in [5.41, 5.74) is -0.325. The van der Waals surface area contributed by atoms with E-state index < -0.39 is 78.8 Å². The maximum Gasteiger partial charge on any atom is 0.330 e. The summed E-state index contributed by atoms with van der Waals surface area (Å²) in [6, 6.07) is 17.9. The molecule has 17 nitrogen and oxygen atoms in total. The van der Waals surface area contributed by atoms with Crippen LogP contribution in [-0.4, -0.2) is 40.8 Å². The van der Waals surface area contributed by atoms with E-state index in [1.54, 1.807) is 30.3 Å². The standard InChI is InChI=1S/C24H27N2O15P3/c27-19-11-12-26(24(28)25-19)23-22-21(38-20(39-22)13-16-7-3-1-4-8-16)18(37-23)15-36-43(31,32)41-44(33,34)40-42(29,30)35-14-17-9-5-2-6-10-17/h1-12,18,20-23H,13-15H2,(H,29,30)(H,31,32)(H,33,34)(H,25,27,28)/p-3/t18-,20?,21+,22?,23-/m1/s1. The molecule has 1 N–H and O–H groups in total. The van der Waals surface area contributed by atoms with Crippen LogP contribution in [0.2, 0.25) is 0 Å². The fourth-order valence-corrected chi connectivity index (χ4v) is 7.85. The number of hydrogen-bond acceptors (Lipinski definition) is 15. The van der Waals surface area contributed by atoms with Crippen LogP contribution in [0.4, 0.5) is 0 Å². The maximum absolute atomic E-state index is 12.5. The molecule has 20 heteroatoms. The summed E-state index contributed by atoms with van der Waals surface area (Å²) in [6.07, 6.45) is -3.95. The molecular formula is C24H24N2O15P3-3. The van der Waals surface area contributed by atoms with Gasteiger partial charge in [0.1, 0.15) is 18.3 Å². The molecule has 238 valence electrons. The maximum atomic E-state index is 12.5. The Balaban J connectivity index is 1.24. The summed E-state index contributed by atoms with van der Waals surface area (Å²) >= 11 is 0. The van der Waals surface area contributed by atoms with Gasteiger partial charge < -0.3 is 37.9 Å². The lowest BCUT2D eigenvalue weighted by atomic mass is 10.1. The molecule has 0 spiro atoms. The Hall–Kier alpha value is -2.59. The topological polar surface area (TPSA) is 240 Å². The molecule has 0 bridgehead atoms. The van der Waals surface area contributed by atoms with E-state index >= 15 is 0 Å². The van der Waals surface area contributed by atoms with Crippen molar-refractivity contribution in [1.29, 1.82) is 0 Å². The van der Waals surface area contributed by atoms with Gasteiger partial charge in [-0.1, -0.05) is 60.7 Å². The Morgan fingerprint density at radius 1 is 0.750 bits per heavy atom. The first-order chi connectivity index (χ1) is 20.8. The Labute approximate surface area is 248 Å². The number of aromatic nitrogens is 2. The molecule has 0 saturated carbocycles. The molecule has 0 radical (unpaired) electrons. The van der Waals surface area contributed by atoms with Crippen molar-refractivity contribution in [3.05, 3.63) is 105 Å². The van der Waals surface area contributed by atoms with Crippen LogP contribution in [0.1, 0.15) is 17.4 Å². The van der Waals surface area contributed by atoms with Crippen molar-refractivity contribution in [2.45, 2.75) is 43.9 Å². The highest BCUT2D eigenvalue weighted by Crippen LogP contribution is 2.63. The highest BCUT2D eigenvalue weighted by atomic mass is 31.3. The van der Waals surface area contributed by atoms with Crippen LogP contribution in [0, 0.1) is 0 Å². The third kappa shape index (κ3) is 8.56. The quantitative estimate of drug-likeness (QED) is 0.242. The Kier molecular flexibility index (Phi) is 10.00. The first-order valence-electron chi connectivity index (χ1n) is 12.8. The summed E-state index contributed by atoms with van der Waals surface area (Å²) in [5.74, 6) is 0. The Morgan fingerprint density at radius 2 is 1.34 bits per heavy atom. The van der Waals surface area contributed by atoms with Crippen LogP contribution < -0.4 is 25.9 Å². The number of ether oxygens (including phenoxy) is 3. The second kappa shape index (κ2) is 13.4. The zero-order valence-corrected chi connectivity index (χ0v) is 25.0. The van der Waals surface area contributed by atoms with Crippen LogP contribution in [0.25, 0.3) is 0 Å². The lowest BCUT2D eigenvalue weighted by Crippen LogP contribution is -2.36. The van der Waals surface area contributed by atoms with Crippen molar-refractivity contribution in [2.24, 2.45) is 0 Å². The molecule has 2 saturated heterocycles. The van der Waals surface area contributed by atoms with E-state index in [-0.39, 0.29) is 6.42 Å². The Bertz CT molecular complexity index is 1700. The minimum absolute atomic E-state index is 0.274. The molecule has 44 heavy (non-hydrogen) atoms. The monoisotopic (exact) mass is 673 g/mol. The number of benzene rings is 2. The highest BCUT2D eigenvalue weighted by molar-refractivity contribution is 7.65. The van der Waals surface area contributed by atoms with Gasteiger partial charge in [-0.15, -0.1) is 0 Å². The Morgan fingerprint density at radius 3 is 1.98 bits per heavy atom. The fourth-order valence-electron chi connectivity index (χ4n) is 4.49. The van der Waals surface area contributed by atoms with E-state index in [1.807, 2.05) is 18.2 Å². The summed E-state index contributed by atoms with van der Waals surface area (Å²) in [7, 11) is -17.5. The zero-order valence-electron chi connectivity index (χ0n) is 22.3. The van der Waals surface area contributed by atoms with Crippen molar-refractivity contribution in [2.75, 3.05) is 6.61 Å². The van der Waals surface area contributed by atoms with E-state index in [1.165, 1.54) is 12.1 Å². The first kappa shape index (κ1) is 32.8. The molecule has 0 amide bonds. The van der Waals surface area contributed by atoms with E-state index in [0.29, 0.717) is 5.56 Å². The van der Waals surface area contributed by atoms with Gasteiger partial charge in [0.05, 0.1) is 13.2 Å². The van der Waals surface area contributed by atoms with Crippen LogP contribution in [0.3, 0.4) is 0 Å². The smallest absolute Gasteiger partial charge is 0.330 e. The second-order valence-corrected chi connectivity index (χ2v) is 14.0. The number of fused-ring (bicyclic) bond motifs is 1. The van der Waals surface area contributed by atoms with Gasteiger partial charge in [-0.2, -0.15) is 0 Å². The third-order valence-electron chi connectivity index (χ3n) is 6.30. The van der Waals surface area contributed by atoms with E-state index in [0.717, 1.165) is 22.4 Å². The average molecular weight is 673 g/mol. The van der Waals surface area contributed by atoms with Gasteiger partial charge in [-0.05, 0) is 11.1 Å². The minimum atomic E-state index is -6.09. The molecule has 2 aromatic carbocycles. The number of H-pyrrole nitrogens is 1. The average Bonchev–Trinajstić information content (AvgIpc) is 3.50. The van der Waals surface area contributed by atoms with Gasteiger partial charge in [0.15, 0.2) is 12.5 Å². The third-order valence-corrected chi connectivity index (χ3v) is 10.4. The number of nitrogens with zero attached hydrogens (tertiary/aromatic N) is 1. The summed E-state index contributed by atoms with van der Waals surface area (Å²) in [6.45, 7) is -1.50. The van der Waals surface area contributed by atoms with Gasteiger partial charge in [0.2, 0.25) is 0 Å². The summed E-state index contributed by atoms with van der Waals surface area (Å²) < 4.78 is 72.0. The molecule has 8 atom stereocenters. The molecule has 5 unspecified atom stereocenters. The molecule has 2 fully saturated rings. The number of phosphoric ester groups is 2. The normalized spacial score (nSPS) is 27.2. The summed E-state index contributed by atoms with van der Waals surface area (Å²) in [5, 5.41) is 0. The number of rotatable bonds is 13. The van der Waals surface area contributed by atoms with Gasteiger partial charge in [-0.3, -0.25) is 28.0 Å². The van der Waals surface area contributed by atoms with Gasteiger partial charge in [0, 0.05) is 18.7 Å². The number of aromatic amines is 1. The van der Waals surface area contributed by atoms with Crippen LogP contribution in [0.15, 0.2) is 82.5 Å². The van der Waals surface area contributed by atoms with E-state index in [9.17, 15) is 38.0 Å². The molecular weight excluding hydrogens is 649 g/mol. The molecule has 3 aromatic rings. The number of nitrogens with one attached hydrogen (secondary N) is 1. The highest BCUT2D eigenvalue weighted by Gasteiger charge is 2.54. The van der Waals surface area contributed by atoms with Gasteiger partial charge in [0.25, 0.3) is 29.0 Å². The van der Waals surface area contributed by atoms with Crippen molar-refractivity contribution >= 4 is 23.5 Å². The number of phosphoric acid groups is 3. The molecule has 3 heterocycles.